The van der Waals surface area contributed by atoms with Crippen molar-refractivity contribution in [1.82, 2.24) is 14.8 Å². The Morgan fingerprint density at radius 2 is 1.72 bits per heavy atom. The van der Waals surface area contributed by atoms with Gasteiger partial charge in [0.2, 0.25) is 5.91 Å². The van der Waals surface area contributed by atoms with Gasteiger partial charge in [-0.25, -0.2) is 0 Å². The summed E-state index contributed by atoms with van der Waals surface area (Å²) in [5, 5.41) is 4.38. The van der Waals surface area contributed by atoms with Crippen LogP contribution in [0.1, 0.15) is 74.8 Å². The van der Waals surface area contributed by atoms with Gasteiger partial charge in [-0.15, -0.1) is 0 Å². The van der Waals surface area contributed by atoms with Gasteiger partial charge in [0.05, 0.1) is 13.2 Å². The second-order valence-electron chi connectivity index (χ2n) is 10.4. The smallest absolute Gasteiger partial charge is 0.271 e. The summed E-state index contributed by atoms with van der Waals surface area (Å²) >= 11 is 0. The van der Waals surface area contributed by atoms with Gasteiger partial charge in [0, 0.05) is 23.5 Å². The molecule has 6 heteroatoms. The van der Waals surface area contributed by atoms with Gasteiger partial charge in [-0.3, -0.25) is 9.59 Å². The molecule has 1 aliphatic carbocycles. The maximum Gasteiger partial charge on any atom is 0.271 e. The molecule has 0 unspecified atom stereocenters. The van der Waals surface area contributed by atoms with Crippen molar-refractivity contribution in [2.24, 2.45) is 0 Å². The van der Waals surface area contributed by atoms with Crippen molar-refractivity contribution in [3.05, 3.63) is 65.9 Å². The summed E-state index contributed by atoms with van der Waals surface area (Å²) in [6.07, 6.45) is 8.03. The molecule has 36 heavy (non-hydrogen) atoms. The molecule has 0 bridgehead atoms. The van der Waals surface area contributed by atoms with E-state index in [0.29, 0.717) is 25.4 Å². The Hall–Kier alpha value is -3.28. The summed E-state index contributed by atoms with van der Waals surface area (Å²) < 4.78 is 7.62. The average molecular weight is 488 g/mol. The standard InChI is InChI=1S/C30H37N3O3/c1-3-36-25-17-15-22(16-18-25)20-33-28(34)27-19-23-11-9-10-14-26(23)32(27)21-30(33,2)29(35)31-24-12-7-5-4-6-8-13-24/h9-11,14-19,24H,3-8,12-13,20-21H2,1-2H3,(H,31,35)/t30-/m0/s1. The molecule has 1 atom stereocenters. The summed E-state index contributed by atoms with van der Waals surface area (Å²) in [5.74, 6) is 0.633. The molecule has 1 saturated carbocycles. The summed E-state index contributed by atoms with van der Waals surface area (Å²) in [6.45, 7) is 5.28. The zero-order valence-electron chi connectivity index (χ0n) is 21.5. The van der Waals surface area contributed by atoms with E-state index >= 15 is 0 Å². The first-order valence-electron chi connectivity index (χ1n) is 13.4. The minimum atomic E-state index is -1.01. The van der Waals surface area contributed by atoms with Gasteiger partial charge in [0.15, 0.2) is 0 Å². The molecule has 1 aromatic heterocycles. The Labute approximate surface area is 213 Å². The summed E-state index contributed by atoms with van der Waals surface area (Å²) in [4.78, 5) is 29.7. The number of aromatic nitrogens is 1. The van der Waals surface area contributed by atoms with Crippen LogP contribution < -0.4 is 10.1 Å². The fraction of sp³-hybridized carbons (Fsp3) is 0.467. The van der Waals surface area contributed by atoms with Gasteiger partial charge in [0.1, 0.15) is 17.0 Å². The quantitative estimate of drug-likeness (QED) is 0.486. The minimum Gasteiger partial charge on any atom is -0.494 e. The Kier molecular flexibility index (Phi) is 7.04. The third kappa shape index (κ3) is 4.73. The molecule has 2 heterocycles. The largest absolute Gasteiger partial charge is 0.494 e. The first-order valence-corrected chi connectivity index (χ1v) is 13.4. The lowest BCUT2D eigenvalue weighted by atomic mass is 9.91. The Bertz CT molecular complexity index is 1220. The van der Waals surface area contributed by atoms with Gasteiger partial charge >= 0.3 is 0 Å². The monoisotopic (exact) mass is 487 g/mol. The highest BCUT2D eigenvalue weighted by Gasteiger charge is 2.48. The summed E-state index contributed by atoms with van der Waals surface area (Å²) in [5.41, 5.74) is 1.60. The minimum absolute atomic E-state index is 0.0595. The Morgan fingerprint density at radius 1 is 1.03 bits per heavy atom. The number of fused-ring (bicyclic) bond motifs is 3. The third-order valence-corrected chi connectivity index (χ3v) is 7.84. The molecular formula is C30H37N3O3. The molecule has 1 N–H and O–H groups in total. The molecule has 3 aromatic rings. The molecule has 0 radical (unpaired) electrons. The predicted octanol–water partition coefficient (Wildman–Crippen LogP) is 5.68. The number of carbonyl (C=O) groups is 2. The van der Waals surface area contributed by atoms with Crippen LogP contribution >= 0.6 is 0 Å². The number of para-hydroxylation sites is 1. The lowest BCUT2D eigenvalue weighted by Gasteiger charge is -2.44. The summed E-state index contributed by atoms with van der Waals surface area (Å²) in [7, 11) is 0. The van der Waals surface area contributed by atoms with Crippen molar-refractivity contribution in [2.75, 3.05) is 6.61 Å². The van der Waals surface area contributed by atoms with Crippen LogP contribution in [-0.2, 0) is 17.9 Å². The van der Waals surface area contributed by atoms with Crippen LogP contribution in [-0.4, -0.2) is 39.5 Å². The predicted molar refractivity (Wildman–Crippen MR) is 142 cm³/mol. The fourth-order valence-corrected chi connectivity index (χ4v) is 5.74. The summed E-state index contributed by atoms with van der Waals surface area (Å²) in [6, 6.07) is 18.0. The fourth-order valence-electron chi connectivity index (χ4n) is 5.74. The van der Waals surface area contributed by atoms with Crippen LogP contribution in [0.3, 0.4) is 0 Å². The van der Waals surface area contributed by atoms with Crippen molar-refractivity contribution in [2.45, 2.75) is 83.5 Å². The SMILES string of the molecule is CCOc1ccc(CN2C(=O)c3cc4ccccc4n3C[C@@]2(C)C(=O)NC2CCCCCCC2)cc1. The van der Waals surface area contributed by atoms with E-state index in [1.54, 1.807) is 4.90 Å². The van der Waals surface area contributed by atoms with Gasteiger partial charge in [-0.05, 0) is 56.5 Å². The molecule has 0 spiro atoms. The highest BCUT2D eigenvalue weighted by molar-refractivity contribution is 6.03. The van der Waals surface area contributed by atoms with Crippen LogP contribution in [0.5, 0.6) is 5.75 Å². The topological polar surface area (TPSA) is 63.6 Å². The number of amides is 2. The van der Waals surface area contributed by atoms with Crippen LogP contribution in [0.25, 0.3) is 10.9 Å². The number of benzene rings is 2. The van der Waals surface area contributed by atoms with E-state index in [0.717, 1.165) is 47.9 Å². The molecule has 2 aliphatic rings. The van der Waals surface area contributed by atoms with Crippen LogP contribution in [0.4, 0.5) is 0 Å². The number of ether oxygens (including phenoxy) is 1. The Balaban J connectivity index is 1.48. The highest BCUT2D eigenvalue weighted by Crippen LogP contribution is 2.34. The van der Waals surface area contributed by atoms with Gasteiger partial charge < -0.3 is 19.5 Å². The molecule has 1 aliphatic heterocycles. The van der Waals surface area contributed by atoms with Crippen LogP contribution in [0.2, 0.25) is 0 Å². The highest BCUT2D eigenvalue weighted by atomic mass is 16.5. The van der Waals surface area contributed by atoms with Crippen LogP contribution in [0, 0.1) is 0 Å². The molecule has 6 nitrogen and oxygen atoms in total. The molecule has 2 amide bonds. The number of rotatable bonds is 6. The molecule has 5 rings (SSSR count). The van der Waals surface area contributed by atoms with Crippen molar-refractivity contribution in [3.63, 3.8) is 0 Å². The van der Waals surface area contributed by atoms with E-state index in [4.69, 9.17) is 4.74 Å². The van der Waals surface area contributed by atoms with Gasteiger partial charge in [-0.2, -0.15) is 0 Å². The van der Waals surface area contributed by atoms with E-state index < -0.39 is 5.54 Å². The molecule has 1 fully saturated rings. The second kappa shape index (κ2) is 10.4. The number of hydrogen-bond acceptors (Lipinski definition) is 3. The molecular weight excluding hydrogens is 450 g/mol. The van der Waals surface area contributed by atoms with Crippen molar-refractivity contribution in [3.8, 4) is 5.75 Å². The maximum absolute atomic E-state index is 14.0. The average Bonchev–Trinajstić information content (AvgIpc) is 3.23. The zero-order chi connectivity index (χ0) is 25.1. The Morgan fingerprint density at radius 3 is 2.44 bits per heavy atom. The number of carbonyl (C=O) groups excluding carboxylic acids is 2. The zero-order valence-corrected chi connectivity index (χ0v) is 21.5. The van der Waals surface area contributed by atoms with E-state index in [1.807, 2.05) is 73.0 Å². The van der Waals surface area contributed by atoms with Crippen LogP contribution in [0.15, 0.2) is 54.6 Å². The maximum atomic E-state index is 14.0. The van der Waals surface area contributed by atoms with Crippen molar-refractivity contribution in [1.29, 1.82) is 0 Å². The molecule has 190 valence electrons. The third-order valence-electron chi connectivity index (χ3n) is 7.84. The lowest BCUT2D eigenvalue weighted by Crippen LogP contribution is -2.64. The van der Waals surface area contributed by atoms with Gasteiger partial charge in [0.25, 0.3) is 5.91 Å². The first kappa shape index (κ1) is 24.4. The van der Waals surface area contributed by atoms with E-state index in [9.17, 15) is 9.59 Å². The lowest BCUT2D eigenvalue weighted by molar-refractivity contribution is -0.134. The van der Waals surface area contributed by atoms with E-state index in [1.165, 1.54) is 19.3 Å². The number of nitrogens with zero attached hydrogens (tertiary/aromatic N) is 2. The number of nitrogens with one attached hydrogen (secondary N) is 1. The van der Waals surface area contributed by atoms with Gasteiger partial charge in [-0.1, -0.05) is 62.4 Å². The van der Waals surface area contributed by atoms with E-state index in [2.05, 4.69) is 5.32 Å². The van der Waals surface area contributed by atoms with Crippen molar-refractivity contribution >= 4 is 22.7 Å². The second-order valence-corrected chi connectivity index (χ2v) is 10.4. The first-order chi connectivity index (χ1) is 17.5. The molecule has 0 saturated heterocycles. The van der Waals surface area contributed by atoms with Crippen molar-refractivity contribution < 1.29 is 14.3 Å². The normalized spacial score (nSPS) is 21.1. The number of hydrogen-bond donors (Lipinski definition) is 1. The molecule has 2 aromatic carbocycles. The van der Waals surface area contributed by atoms with E-state index in [-0.39, 0.29) is 17.9 Å².